The third-order valence-corrected chi connectivity index (χ3v) is 2.72. The summed E-state index contributed by atoms with van der Waals surface area (Å²) in [5.41, 5.74) is 0.0199. The minimum absolute atomic E-state index is 0.0199. The highest BCUT2D eigenvalue weighted by Gasteiger charge is 2.14. The largest absolute Gasteiger partial charge is 0.396 e. The van der Waals surface area contributed by atoms with Gasteiger partial charge in [0, 0.05) is 17.6 Å². The Morgan fingerprint density at radius 2 is 2.19 bits per heavy atom. The van der Waals surface area contributed by atoms with Gasteiger partial charge in [-0.3, -0.25) is 4.79 Å². The van der Waals surface area contributed by atoms with Crippen LogP contribution in [0.2, 0.25) is 0 Å². The Labute approximate surface area is 102 Å². The highest BCUT2D eigenvalue weighted by molar-refractivity contribution is 9.10. The van der Waals surface area contributed by atoms with Crippen molar-refractivity contribution in [2.45, 2.75) is 12.8 Å². The normalized spacial score (nSPS) is 10.2. The average molecular weight is 290 g/mol. The second kappa shape index (κ2) is 6.60. The van der Waals surface area contributed by atoms with Crippen molar-refractivity contribution in [2.24, 2.45) is 0 Å². The van der Waals surface area contributed by atoms with E-state index >= 15 is 0 Å². The maximum absolute atomic E-state index is 13.3. The summed E-state index contributed by atoms with van der Waals surface area (Å²) in [6, 6.07) is 4.39. The smallest absolute Gasteiger partial charge is 0.255 e. The van der Waals surface area contributed by atoms with Gasteiger partial charge in [0.25, 0.3) is 5.91 Å². The lowest BCUT2D eigenvalue weighted by Crippen LogP contribution is -2.25. The predicted octanol–water partition coefficient (Wildman–Crippen LogP) is 2.09. The number of hydrogen-bond acceptors (Lipinski definition) is 2. The molecule has 0 saturated carbocycles. The van der Waals surface area contributed by atoms with Gasteiger partial charge in [-0.15, -0.1) is 0 Å². The van der Waals surface area contributed by atoms with Gasteiger partial charge in [0.15, 0.2) is 0 Å². The van der Waals surface area contributed by atoms with Crippen LogP contribution in [0.4, 0.5) is 4.39 Å². The molecule has 0 atom stereocenters. The van der Waals surface area contributed by atoms with Crippen molar-refractivity contribution >= 4 is 21.8 Å². The van der Waals surface area contributed by atoms with Crippen molar-refractivity contribution < 1.29 is 14.3 Å². The summed E-state index contributed by atoms with van der Waals surface area (Å²) in [4.78, 5) is 11.6. The standard InChI is InChI=1S/C11H13BrFNO2/c12-8-4-3-5-9(13)10(8)11(16)14-6-1-2-7-15/h3-5,15H,1-2,6-7H2,(H,14,16). The molecule has 1 aromatic rings. The molecular formula is C11H13BrFNO2. The van der Waals surface area contributed by atoms with Crippen molar-refractivity contribution in [1.82, 2.24) is 5.32 Å². The van der Waals surface area contributed by atoms with Crippen molar-refractivity contribution in [3.63, 3.8) is 0 Å². The number of hydrogen-bond donors (Lipinski definition) is 2. The molecule has 5 heteroatoms. The van der Waals surface area contributed by atoms with Crippen LogP contribution in [0.25, 0.3) is 0 Å². The molecule has 0 fully saturated rings. The van der Waals surface area contributed by atoms with Crippen LogP contribution in [-0.2, 0) is 0 Å². The lowest BCUT2D eigenvalue weighted by molar-refractivity contribution is 0.0947. The molecule has 88 valence electrons. The van der Waals surface area contributed by atoms with Crippen molar-refractivity contribution in [3.8, 4) is 0 Å². The molecule has 0 aliphatic heterocycles. The number of aliphatic hydroxyl groups is 1. The fourth-order valence-corrected chi connectivity index (χ4v) is 1.76. The van der Waals surface area contributed by atoms with E-state index < -0.39 is 11.7 Å². The summed E-state index contributed by atoms with van der Waals surface area (Å²) in [5, 5.41) is 11.2. The van der Waals surface area contributed by atoms with Crippen molar-refractivity contribution in [3.05, 3.63) is 34.1 Å². The number of benzene rings is 1. The molecule has 1 amide bonds. The number of unbranched alkanes of at least 4 members (excludes halogenated alkanes) is 1. The highest BCUT2D eigenvalue weighted by Crippen LogP contribution is 2.19. The van der Waals surface area contributed by atoms with Crippen LogP contribution in [0, 0.1) is 5.82 Å². The van der Waals surface area contributed by atoms with Gasteiger partial charge in [-0.25, -0.2) is 4.39 Å². The van der Waals surface area contributed by atoms with E-state index in [0.29, 0.717) is 23.9 Å². The molecule has 16 heavy (non-hydrogen) atoms. The molecule has 0 bridgehead atoms. The lowest BCUT2D eigenvalue weighted by Gasteiger charge is -2.07. The van der Waals surface area contributed by atoms with Crippen LogP contribution in [0.3, 0.4) is 0 Å². The topological polar surface area (TPSA) is 49.3 Å². The Kier molecular flexibility index (Phi) is 5.42. The van der Waals surface area contributed by atoms with Crippen LogP contribution >= 0.6 is 15.9 Å². The second-order valence-electron chi connectivity index (χ2n) is 3.28. The van der Waals surface area contributed by atoms with E-state index in [1.807, 2.05) is 0 Å². The number of amides is 1. The second-order valence-corrected chi connectivity index (χ2v) is 4.14. The van der Waals surface area contributed by atoms with E-state index in [4.69, 9.17) is 5.11 Å². The molecule has 1 rings (SSSR count). The molecule has 0 radical (unpaired) electrons. The van der Waals surface area contributed by atoms with Crippen molar-refractivity contribution in [2.75, 3.05) is 13.2 Å². The minimum Gasteiger partial charge on any atom is -0.396 e. The monoisotopic (exact) mass is 289 g/mol. The number of carbonyl (C=O) groups excluding carboxylic acids is 1. The molecule has 0 aromatic heterocycles. The Balaban J connectivity index is 2.59. The highest BCUT2D eigenvalue weighted by atomic mass is 79.9. The molecule has 0 spiro atoms. The first-order valence-corrected chi connectivity index (χ1v) is 5.79. The maximum atomic E-state index is 13.3. The van der Waals surface area contributed by atoms with Gasteiger partial charge in [-0.05, 0) is 40.9 Å². The number of aliphatic hydroxyl groups excluding tert-OH is 1. The van der Waals surface area contributed by atoms with E-state index in [9.17, 15) is 9.18 Å². The van der Waals surface area contributed by atoms with Gasteiger partial charge in [0.1, 0.15) is 5.82 Å². The van der Waals surface area contributed by atoms with E-state index in [1.165, 1.54) is 12.1 Å². The van der Waals surface area contributed by atoms with Crippen LogP contribution in [0.5, 0.6) is 0 Å². The summed E-state index contributed by atoms with van der Waals surface area (Å²) in [6.07, 6.45) is 1.30. The SMILES string of the molecule is O=C(NCCCCO)c1c(F)cccc1Br. The summed E-state index contributed by atoms with van der Waals surface area (Å²) in [5.74, 6) is -0.989. The zero-order valence-electron chi connectivity index (χ0n) is 8.67. The Morgan fingerprint density at radius 3 is 2.81 bits per heavy atom. The fourth-order valence-electron chi connectivity index (χ4n) is 1.24. The van der Waals surface area contributed by atoms with E-state index in [0.717, 1.165) is 0 Å². The summed E-state index contributed by atoms with van der Waals surface area (Å²) >= 11 is 3.13. The molecule has 1 aromatic carbocycles. The summed E-state index contributed by atoms with van der Waals surface area (Å²) in [7, 11) is 0. The van der Waals surface area contributed by atoms with Crippen LogP contribution in [0.1, 0.15) is 23.2 Å². The van der Waals surface area contributed by atoms with Gasteiger partial charge in [-0.1, -0.05) is 6.07 Å². The van der Waals surface area contributed by atoms with Crippen molar-refractivity contribution in [1.29, 1.82) is 0 Å². The van der Waals surface area contributed by atoms with Gasteiger partial charge in [-0.2, -0.15) is 0 Å². The Morgan fingerprint density at radius 1 is 1.44 bits per heavy atom. The number of carbonyl (C=O) groups is 1. The van der Waals surface area contributed by atoms with Crippen LogP contribution in [-0.4, -0.2) is 24.2 Å². The molecule has 3 nitrogen and oxygen atoms in total. The summed E-state index contributed by atoms with van der Waals surface area (Å²) < 4.78 is 13.8. The first-order chi connectivity index (χ1) is 7.66. The molecule has 2 N–H and O–H groups in total. The zero-order valence-corrected chi connectivity index (χ0v) is 10.3. The number of rotatable bonds is 5. The van der Waals surface area contributed by atoms with E-state index in [-0.39, 0.29) is 12.2 Å². The quantitative estimate of drug-likeness (QED) is 0.816. The molecular weight excluding hydrogens is 277 g/mol. The third-order valence-electron chi connectivity index (χ3n) is 2.06. The average Bonchev–Trinajstić information content (AvgIpc) is 2.24. The van der Waals surface area contributed by atoms with Gasteiger partial charge in [0.2, 0.25) is 0 Å². The van der Waals surface area contributed by atoms with Gasteiger partial charge < -0.3 is 10.4 Å². The molecule has 0 aliphatic carbocycles. The first kappa shape index (κ1) is 13.1. The lowest BCUT2D eigenvalue weighted by atomic mass is 10.2. The first-order valence-electron chi connectivity index (χ1n) is 5.00. The number of halogens is 2. The number of nitrogens with one attached hydrogen (secondary N) is 1. The molecule has 0 saturated heterocycles. The van der Waals surface area contributed by atoms with Crippen LogP contribution < -0.4 is 5.32 Å². The van der Waals surface area contributed by atoms with Gasteiger partial charge in [0.05, 0.1) is 5.56 Å². The fraction of sp³-hybridized carbons (Fsp3) is 0.364. The molecule has 0 heterocycles. The molecule has 0 aliphatic rings. The van der Waals surface area contributed by atoms with Gasteiger partial charge >= 0.3 is 0 Å². The van der Waals surface area contributed by atoms with E-state index in [2.05, 4.69) is 21.2 Å². The maximum Gasteiger partial charge on any atom is 0.255 e. The predicted molar refractivity (Wildman–Crippen MR) is 62.8 cm³/mol. The third kappa shape index (κ3) is 3.57. The Bertz CT molecular complexity index is 351. The molecule has 0 unspecified atom stereocenters. The zero-order chi connectivity index (χ0) is 12.0. The van der Waals surface area contributed by atoms with Crippen LogP contribution in [0.15, 0.2) is 22.7 Å². The minimum atomic E-state index is -0.547. The summed E-state index contributed by atoms with van der Waals surface area (Å²) in [6.45, 7) is 0.527. The Hall–Kier alpha value is -0.940. The van der Waals surface area contributed by atoms with E-state index in [1.54, 1.807) is 6.07 Å².